The van der Waals surface area contributed by atoms with Crippen molar-refractivity contribution < 1.29 is 4.74 Å². The molecule has 2 unspecified atom stereocenters. The van der Waals surface area contributed by atoms with E-state index in [0.717, 1.165) is 25.6 Å². The van der Waals surface area contributed by atoms with Gasteiger partial charge in [0.05, 0.1) is 6.61 Å². The lowest BCUT2D eigenvalue weighted by molar-refractivity contribution is 0.199. The number of nitrogens with one attached hydrogen (secondary N) is 1. The summed E-state index contributed by atoms with van der Waals surface area (Å²) in [5, 5.41) is 3.47. The maximum Gasteiger partial charge on any atom is 0.0587 e. The summed E-state index contributed by atoms with van der Waals surface area (Å²) >= 11 is 0. The first-order valence-electron chi connectivity index (χ1n) is 6.85. The van der Waals surface area contributed by atoms with Gasteiger partial charge in [0.2, 0.25) is 0 Å². The van der Waals surface area contributed by atoms with Gasteiger partial charge in [0.15, 0.2) is 0 Å². The second-order valence-corrected chi connectivity index (χ2v) is 5.81. The Balaban J connectivity index is 1.91. The van der Waals surface area contributed by atoms with E-state index in [1.807, 2.05) is 0 Å². The molecule has 2 atom stereocenters. The molecule has 0 bridgehead atoms. The van der Waals surface area contributed by atoms with Crippen LogP contribution in [0.3, 0.4) is 0 Å². The maximum absolute atomic E-state index is 5.05. The molecule has 2 nitrogen and oxygen atoms in total. The molecule has 2 heteroatoms. The maximum atomic E-state index is 5.05. The first-order valence-corrected chi connectivity index (χ1v) is 6.85. The molecule has 0 aromatic heterocycles. The van der Waals surface area contributed by atoms with E-state index >= 15 is 0 Å². The quantitative estimate of drug-likeness (QED) is 0.781. The summed E-state index contributed by atoms with van der Waals surface area (Å²) < 4.78 is 5.05. The highest BCUT2D eigenvalue weighted by molar-refractivity contribution is 5.38. The third kappa shape index (κ3) is 2.76. The van der Waals surface area contributed by atoms with Crippen LogP contribution in [-0.2, 0) is 10.2 Å². The predicted octanol–water partition coefficient (Wildman–Crippen LogP) is 2.82. The van der Waals surface area contributed by atoms with Gasteiger partial charge >= 0.3 is 0 Å². The summed E-state index contributed by atoms with van der Waals surface area (Å²) in [5.41, 5.74) is 4.69. The number of methoxy groups -OCH3 is 1. The SMILES string of the molecule is COCCNCC1CC1(C)c1ccc(C)c(C)c1. The van der Waals surface area contributed by atoms with Crippen molar-refractivity contribution in [2.75, 3.05) is 26.8 Å². The van der Waals surface area contributed by atoms with Gasteiger partial charge in [0, 0.05) is 13.7 Å². The third-order valence-electron chi connectivity index (χ3n) is 4.45. The van der Waals surface area contributed by atoms with Crippen LogP contribution < -0.4 is 5.32 Å². The molecule has 18 heavy (non-hydrogen) atoms. The molecular formula is C16H25NO. The van der Waals surface area contributed by atoms with Crippen LogP contribution in [-0.4, -0.2) is 26.8 Å². The lowest BCUT2D eigenvalue weighted by Crippen LogP contribution is -2.24. The average molecular weight is 247 g/mol. The molecule has 100 valence electrons. The normalized spacial score (nSPS) is 26.3. The summed E-state index contributed by atoms with van der Waals surface area (Å²) in [6.07, 6.45) is 1.30. The molecule has 0 amide bonds. The van der Waals surface area contributed by atoms with Crippen molar-refractivity contribution in [1.82, 2.24) is 5.32 Å². The van der Waals surface area contributed by atoms with Gasteiger partial charge in [-0.15, -0.1) is 0 Å². The summed E-state index contributed by atoms with van der Waals surface area (Å²) in [5.74, 6) is 0.775. The van der Waals surface area contributed by atoms with E-state index in [4.69, 9.17) is 4.74 Å². The van der Waals surface area contributed by atoms with Crippen molar-refractivity contribution >= 4 is 0 Å². The number of hydrogen-bond acceptors (Lipinski definition) is 2. The number of benzene rings is 1. The lowest BCUT2D eigenvalue weighted by Gasteiger charge is -2.14. The molecule has 1 N–H and O–H groups in total. The highest BCUT2D eigenvalue weighted by atomic mass is 16.5. The van der Waals surface area contributed by atoms with Gasteiger partial charge < -0.3 is 10.1 Å². The molecule has 0 radical (unpaired) electrons. The van der Waals surface area contributed by atoms with Gasteiger partial charge in [-0.1, -0.05) is 25.1 Å². The Morgan fingerprint density at radius 2 is 2.11 bits per heavy atom. The third-order valence-corrected chi connectivity index (χ3v) is 4.45. The van der Waals surface area contributed by atoms with Gasteiger partial charge in [0.25, 0.3) is 0 Å². The molecule has 2 rings (SSSR count). The minimum absolute atomic E-state index is 0.387. The Hall–Kier alpha value is -0.860. The van der Waals surface area contributed by atoms with E-state index < -0.39 is 0 Å². The molecule has 1 fully saturated rings. The van der Waals surface area contributed by atoms with Gasteiger partial charge in [-0.25, -0.2) is 0 Å². The standard InChI is InChI=1S/C16H25NO/c1-12-5-6-14(9-13(12)2)16(3)10-15(16)11-17-7-8-18-4/h5-6,9,15,17H,7-8,10-11H2,1-4H3. The van der Waals surface area contributed by atoms with E-state index in [1.165, 1.54) is 23.1 Å². The Morgan fingerprint density at radius 1 is 1.33 bits per heavy atom. The minimum atomic E-state index is 0.387. The van der Waals surface area contributed by atoms with Crippen molar-refractivity contribution in [1.29, 1.82) is 0 Å². The first-order chi connectivity index (χ1) is 8.58. The van der Waals surface area contributed by atoms with Crippen molar-refractivity contribution in [2.24, 2.45) is 5.92 Å². The first kappa shape index (κ1) is 13.6. The fraction of sp³-hybridized carbons (Fsp3) is 0.625. The fourth-order valence-corrected chi connectivity index (χ4v) is 2.65. The monoisotopic (exact) mass is 247 g/mol. The zero-order valence-corrected chi connectivity index (χ0v) is 12.0. The van der Waals surface area contributed by atoms with Crippen LogP contribution in [0.25, 0.3) is 0 Å². The molecule has 0 saturated heterocycles. The van der Waals surface area contributed by atoms with Crippen LogP contribution in [0, 0.1) is 19.8 Å². The lowest BCUT2D eigenvalue weighted by atomic mass is 9.92. The predicted molar refractivity (Wildman–Crippen MR) is 76.1 cm³/mol. The topological polar surface area (TPSA) is 21.3 Å². The minimum Gasteiger partial charge on any atom is -0.383 e. The Labute approximate surface area is 111 Å². The van der Waals surface area contributed by atoms with Crippen molar-refractivity contribution in [2.45, 2.75) is 32.6 Å². The summed E-state index contributed by atoms with van der Waals surface area (Å²) in [7, 11) is 1.75. The molecule has 1 aliphatic carbocycles. The largest absolute Gasteiger partial charge is 0.383 e. The van der Waals surface area contributed by atoms with Gasteiger partial charge in [-0.05, 0) is 54.8 Å². The smallest absolute Gasteiger partial charge is 0.0587 e. The van der Waals surface area contributed by atoms with E-state index in [2.05, 4.69) is 44.3 Å². The van der Waals surface area contributed by atoms with E-state index in [0.29, 0.717) is 5.41 Å². The van der Waals surface area contributed by atoms with E-state index in [1.54, 1.807) is 7.11 Å². The molecule has 1 saturated carbocycles. The van der Waals surface area contributed by atoms with Gasteiger partial charge in [-0.2, -0.15) is 0 Å². The molecule has 0 heterocycles. The highest BCUT2D eigenvalue weighted by Gasteiger charge is 2.50. The fourth-order valence-electron chi connectivity index (χ4n) is 2.65. The molecule has 1 aromatic rings. The van der Waals surface area contributed by atoms with Crippen LogP contribution in [0.5, 0.6) is 0 Å². The van der Waals surface area contributed by atoms with Crippen LogP contribution in [0.1, 0.15) is 30.0 Å². The second kappa shape index (κ2) is 5.41. The summed E-state index contributed by atoms with van der Waals surface area (Å²) in [6, 6.07) is 6.92. The van der Waals surface area contributed by atoms with Crippen LogP contribution in [0.15, 0.2) is 18.2 Å². The van der Waals surface area contributed by atoms with Gasteiger partial charge in [0.1, 0.15) is 0 Å². The Kier molecular flexibility index (Phi) is 4.08. The number of ether oxygens (including phenoxy) is 1. The second-order valence-electron chi connectivity index (χ2n) is 5.81. The number of hydrogen-bond donors (Lipinski definition) is 1. The number of aryl methyl sites for hydroxylation is 2. The molecular weight excluding hydrogens is 222 g/mol. The zero-order valence-electron chi connectivity index (χ0n) is 12.0. The van der Waals surface area contributed by atoms with E-state index in [-0.39, 0.29) is 0 Å². The summed E-state index contributed by atoms with van der Waals surface area (Å²) in [4.78, 5) is 0. The van der Waals surface area contributed by atoms with Crippen molar-refractivity contribution in [3.05, 3.63) is 34.9 Å². The zero-order chi connectivity index (χ0) is 13.2. The van der Waals surface area contributed by atoms with Crippen LogP contribution >= 0.6 is 0 Å². The van der Waals surface area contributed by atoms with Crippen LogP contribution in [0.2, 0.25) is 0 Å². The Morgan fingerprint density at radius 3 is 2.78 bits per heavy atom. The molecule has 0 spiro atoms. The average Bonchev–Trinajstić information content (AvgIpc) is 3.01. The number of rotatable bonds is 6. The molecule has 1 aromatic carbocycles. The summed E-state index contributed by atoms with van der Waals surface area (Å²) in [6.45, 7) is 9.63. The van der Waals surface area contributed by atoms with Crippen LogP contribution in [0.4, 0.5) is 0 Å². The molecule has 0 aliphatic heterocycles. The van der Waals surface area contributed by atoms with Gasteiger partial charge in [-0.3, -0.25) is 0 Å². The highest BCUT2D eigenvalue weighted by Crippen LogP contribution is 2.53. The molecule has 1 aliphatic rings. The van der Waals surface area contributed by atoms with Crippen molar-refractivity contribution in [3.63, 3.8) is 0 Å². The van der Waals surface area contributed by atoms with Crippen molar-refractivity contribution in [3.8, 4) is 0 Å². The Bertz CT molecular complexity index is 416. The van der Waals surface area contributed by atoms with E-state index in [9.17, 15) is 0 Å².